The van der Waals surface area contributed by atoms with E-state index in [0.717, 1.165) is 42.5 Å². The average molecular weight is 474 g/mol. The van der Waals surface area contributed by atoms with Crippen molar-refractivity contribution < 1.29 is 13.2 Å². The predicted octanol–water partition coefficient (Wildman–Crippen LogP) is 5.00. The highest BCUT2D eigenvalue weighted by molar-refractivity contribution is 7.90. The number of hydrogen-bond donors (Lipinski definition) is 0. The molecule has 0 unspecified atom stereocenters. The van der Waals surface area contributed by atoms with E-state index >= 15 is 0 Å². The van der Waals surface area contributed by atoms with Crippen molar-refractivity contribution in [3.05, 3.63) is 47.3 Å². The molecule has 1 aromatic heterocycles. The smallest absolute Gasteiger partial charge is 0.228 e. The lowest BCUT2D eigenvalue weighted by molar-refractivity contribution is -0.136. The Balaban J connectivity index is 1.93. The van der Waals surface area contributed by atoms with Crippen LogP contribution in [0.25, 0.3) is 0 Å². The van der Waals surface area contributed by atoms with Crippen LogP contribution in [0, 0.1) is 24.7 Å². The molecule has 1 amide bonds. The van der Waals surface area contributed by atoms with Crippen molar-refractivity contribution in [1.29, 1.82) is 0 Å². The Hall–Kier alpha value is -2.15. The van der Waals surface area contributed by atoms with Gasteiger partial charge in [-0.05, 0) is 42.7 Å². The van der Waals surface area contributed by atoms with Crippen molar-refractivity contribution in [2.75, 3.05) is 6.54 Å². The molecule has 1 aliphatic rings. The molecular formula is C26H39N3O3S. The first-order valence-corrected chi connectivity index (χ1v) is 13.8. The van der Waals surface area contributed by atoms with Crippen LogP contribution in [-0.2, 0) is 33.5 Å². The summed E-state index contributed by atoms with van der Waals surface area (Å²) in [5.74, 6) is 0.790. The number of aryl methyl sites for hydroxylation is 1. The molecule has 1 aromatic carbocycles. The molecule has 2 aromatic rings. The summed E-state index contributed by atoms with van der Waals surface area (Å²) in [6.07, 6.45) is 5.78. The van der Waals surface area contributed by atoms with Gasteiger partial charge in [0.25, 0.3) is 0 Å². The van der Waals surface area contributed by atoms with Gasteiger partial charge < -0.3 is 9.47 Å². The van der Waals surface area contributed by atoms with Crippen LogP contribution in [-0.4, -0.2) is 35.3 Å². The summed E-state index contributed by atoms with van der Waals surface area (Å²) in [6.45, 7) is 11.9. The number of benzene rings is 1. The molecule has 0 aliphatic heterocycles. The molecule has 1 saturated carbocycles. The van der Waals surface area contributed by atoms with Crippen LogP contribution in [0.2, 0.25) is 0 Å². The van der Waals surface area contributed by atoms with Gasteiger partial charge in [0.15, 0.2) is 0 Å². The fourth-order valence-corrected chi connectivity index (χ4v) is 6.27. The molecule has 0 bridgehead atoms. The number of carbonyl (C=O) groups excluding carboxylic acids is 1. The number of carbonyl (C=O) groups is 1. The summed E-state index contributed by atoms with van der Waals surface area (Å²) in [6, 6.07) is 7.56. The highest BCUT2D eigenvalue weighted by Gasteiger charge is 2.30. The van der Waals surface area contributed by atoms with Crippen LogP contribution in [0.15, 0.2) is 35.6 Å². The number of sulfone groups is 1. The third-order valence-electron chi connectivity index (χ3n) is 6.29. The molecule has 6 nitrogen and oxygen atoms in total. The van der Waals surface area contributed by atoms with Gasteiger partial charge in [-0.25, -0.2) is 13.4 Å². The highest BCUT2D eigenvalue weighted by atomic mass is 32.2. The topological polar surface area (TPSA) is 72.3 Å². The minimum Gasteiger partial charge on any atom is -0.336 e. The highest BCUT2D eigenvalue weighted by Crippen LogP contribution is 2.28. The number of rotatable bonds is 10. The zero-order chi connectivity index (χ0) is 24.2. The van der Waals surface area contributed by atoms with E-state index < -0.39 is 9.84 Å². The standard InChI is InChI=1S/C26H39N3O3S/c1-19(2)15-28(25(30)22-11-8-9-12-22)17-24-14-27-26(29(24)16-20(3)4)33(31,32)18-23-13-7-6-10-21(23)5/h6-7,10,13-14,19-20,22H,8-9,11-12,15-18H2,1-5H3. The van der Waals surface area contributed by atoms with Crippen molar-refractivity contribution in [1.82, 2.24) is 14.5 Å². The predicted molar refractivity (Wildman–Crippen MR) is 131 cm³/mol. The van der Waals surface area contributed by atoms with Gasteiger partial charge in [0, 0.05) is 19.0 Å². The lowest BCUT2D eigenvalue weighted by atomic mass is 10.1. The molecule has 0 atom stereocenters. The molecule has 7 heteroatoms. The molecule has 33 heavy (non-hydrogen) atoms. The summed E-state index contributed by atoms with van der Waals surface area (Å²) in [5.41, 5.74) is 2.53. The average Bonchev–Trinajstić information content (AvgIpc) is 3.39. The number of hydrogen-bond acceptors (Lipinski definition) is 4. The normalized spacial score (nSPS) is 15.0. The van der Waals surface area contributed by atoms with Crippen molar-refractivity contribution in [3.8, 4) is 0 Å². The summed E-state index contributed by atoms with van der Waals surface area (Å²) >= 11 is 0. The molecule has 1 heterocycles. The summed E-state index contributed by atoms with van der Waals surface area (Å²) in [4.78, 5) is 19.6. The first kappa shape index (κ1) is 25.5. The Bertz CT molecular complexity index is 1050. The van der Waals surface area contributed by atoms with E-state index in [4.69, 9.17) is 0 Å². The Morgan fingerprint density at radius 2 is 1.79 bits per heavy atom. The minimum atomic E-state index is -3.64. The second-order valence-corrected chi connectivity index (χ2v) is 12.2. The summed E-state index contributed by atoms with van der Waals surface area (Å²) < 4.78 is 28.7. The summed E-state index contributed by atoms with van der Waals surface area (Å²) in [5, 5.41) is 0.104. The van der Waals surface area contributed by atoms with Crippen LogP contribution in [0.1, 0.15) is 70.2 Å². The second-order valence-electron chi connectivity index (χ2n) is 10.3. The van der Waals surface area contributed by atoms with Gasteiger partial charge in [-0.3, -0.25) is 4.79 Å². The lowest BCUT2D eigenvalue weighted by Crippen LogP contribution is -2.38. The Morgan fingerprint density at radius 3 is 2.39 bits per heavy atom. The van der Waals surface area contributed by atoms with E-state index in [1.165, 1.54) is 0 Å². The van der Waals surface area contributed by atoms with E-state index in [1.54, 1.807) is 6.20 Å². The van der Waals surface area contributed by atoms with E-state index in [1.807, 2.05) is 40.7 Å². The van der Waals surface area contributed by atoms with Crippen molar-refractivity contribution in [2.24, 2.45) is 17.8 Å². The molecule has 0 N–H and O–H groups in total. The Morgan fingerprint density at radius 1 is 1.12 bits per heavy atom. The van der Waals surface area contributed by atoms with E-state index in [9.17, 15) is 13.2 Å². The van der Waals surface area contributed by atoms with Gasteiger partial charge in [0.05, 0.1) is 24.2 Å². The second kappa shape index (κ2) is 10.9. The zero-order valence-electron chi connectivity index (χ0n) is 20.8. The van der Waals surface area contributed by atoms with Gasteiger partial charge in [0.2, 0.25) is 20.9 Å². The van der Waals surface area contributed by atoms with E-state index in [-0.39, 0.29) is 28.7 Å². The fraction of sp³-hybridized carbons (Fsp3) is 0.615. The third kappa shape index (κ3) is 6.46. The number of amides is 1. The van der Waals surface area contributed by atoms with E-state index in [0.29, 0.717) is 25.6 Å². The maximum absolute atomic E-state index is 13.4. The molecule has 182 valence electrons. The largest absolute Gasteiger partial charge is 0.336 e. The first-order valence-electron chi connectivity index (χ1n) is 12.2. The van der Waals surface area contributed by atoms with Gasteiger partial charge in [-0.15, -0.1) is 0 Å². The lowest BCUT2D eigenvalue weighted by Gasteiger charge is -2.28. The first-order chi connectivity index (χ1) is 15.6. The van der Waals surface area contributed by atoms with Crippen LogP contribution in [0.3, 0.4) is 0 Å². The monoisotopic (exact) mass is 473 g/mol. The Kier molecular flexibility index (Phi) is 8.38. The Labute approximate surface area is 199 Å². The van der Waals surface area contributed by atoms with E-state index in [2.05, 4.69) is 32.7 Å². The van der Waals surface area contributed by atoms with Crippen LogP contribution in [0.5, 0.6) is 0 Å². The maximum Gasteiger partial charge on any atom is 0.228 e. The molecule has 0 saturated heterocycles. The van der Waals surface area contributed by atoms with Crippen LogP contribution in [0.4, 0.5) is 0 Å². The molecule has 1 fully saturated rings. The SMILES string of the molecule is Cc1ccccc1CS(=O)(=O)c1ncc(CN(CC(C)C)C(=O)C2CCCC2)n1CC(C)C. The maximum atomic E-state index is 13.4. The van der Waals surface area contributed by atoms with Crippen molar-refractivity contribution in [2.45, 2.75) is 84.3 Å². The third-order valence-corrected chi connectivity index (χ3v) is 7.86. The van der Waals surface area contributed by atoms with Crippen molar-refractivity contribution in [3.63, 3.8) is 0 Å². The van der Waals surface area contributed by atoms with Crippen molar-refractivity contribution >= 4 is 15.7 Å². The van der Waals surface area contributed by atoms with Gasteiger partial charge in [-0.1, -0.05) is 64.8 Å². The molecule has 0 spiro atoms. The quantitative estimate of drug-likeness (QED) is 0.487. The number of nitrogens with zero attached hydrogens (tertiary/aromatic N) is 3. The van der Waals surface area contributed by atoms with Gasteiger partial charge >= 0.3 is 0 Å². The summed E-state index contributed by atoms with van der Waals surface area (Å²) in [7, 11) is -3.64. The van der Waals surface area contributed by atoms with Gasteiger partial charge in [0.1, 0.15) is 0 Å². The van der Waals surface area contributed by atoms with Crippen LogP contribution < -0.4 is 0 Å². The fourth-order valence-electron chi connectivity index (χ4n) is 4.67. The molecule has 0 radical (unpaired) electrons. The molecule has 3 rings (SSSR count). The minimum absolute atomic E-state index is 0.0784. The van der Waals surface area contributed by atoms with Gasteiger partial charge in [-0.2, -0.15) is 0 Å². The number of imidazole rings is 1. The molecular weight excluding hydrogens is 434 g/mol. The zero-order valence-corrected chi connectivity index (χ0v) is 21.6. The molecule has 1 aliphatic carbocycles. The number of aromatic nitrogens is 2. The van der Waals surface area contributed by atoms with Crippen LogP contribution >= 0.6 is 0 Å².